The molecule has 0 fully saturated rings. The summed E-state index contributed by atoms with van der Waals surface area (Å²) in [4.78, 5) is 5.31. The molecule has 0 radical (unpaired) electrons. The molecule has 0 spiro atoms. The zero-order valence-electron chi connectivity index (χ0n) is 8.47. The van der Waals surface area contributed by atoms with Crippen molar-refractivity contribution in [2.45, 2.75) is 19.5 Å². The van der Waals surface area contributed by atoms with Crippen molar-refractivity contribution in [3.63, 3.8) is 0 Å². The third-order valence-corrected chi connectivity index (χ3v) is 2.86. The predicted octanol–water partition coefficient (Wildman–Crippen LogP) is 1.52. The number of aryl methyl sites for hydroxylation is 1. The zero-order valence-corrected chi connectivity index (χ0v) is 9.28. The summed E-state index contributed by atoms with van der Waals surface area (Å²) < 4.78 is 1.95. The maximum absolute atomic E-state index is 4.14. The Morgan fingerprint density at radius 3 is 3.20 bits per heavy atom. The summed E-state index contributed by atoms with van der Waals surface area (Å²) >= 11 is 1.69. The Hall–Kier alpha value is -1.20. The summed E-state index contributed by atoms with van der Waals surface area (Å²) in [7, 11) is 0. The SMILES string of the molecule is c1cnn(CCCNCc2cncs2)c1. The first kappa shape index (κ1) is 10.3. The fourth-order valence-electron chi connectivity index (χ4n) is 1.34. The van der Waals surface area contributed by atoms with Gasteiger partial charge in [-0.2, -0.15) is 5.10 Å². The van der Waals surface area contributed by atoms with Crippen LogP contribution in [0.2, 0.25) is 0 Å². The van der Waals surface area contributed by atoms with Gasteiger partial charge in [0, 0.05) is 36.6 Å². The van der Waals surface area contributed by atoms with Gasteiger partial charge in [-0.3, -0.25) is 9.67 Å². The third kappa shape index (κ3) is 3.45. The van der Waals surface area contributed by atoms with Gasteiger partial charge < -0.3 is 5.32 Å². The smallest absolute Gasteiger partial charge is 0.0794 e. The summed E-state index contributed by atoms with van der Waals surface area (Å²) in [5, 5.41) is 7.52. The molecule has 80 valence electrons. The van der Waals surface area contributed by atoms with E-state index in [4.69, 9.17) is 0 Å². The van der Waals surface area contributed by atoms with E-state index in [-0.39, 0.29) is 0 Å². The van der Waals surface area contributed by atoms with Crippen molar-refractivity contribution >= 4 is 11.3 Å². The normalized spacial score (nSPS) is 10.7. The molecule has 4 nitrogen and oxygen atoms in total. The Morgan fingerprint density at radius 1 is 1.47 bits per heavy atom. The summed E-state index contributed by atoms with van der Waals surface area (Å²) in [6.45, 7) is 2.91. The van der Waals surface area contributed by atoms with Gasteiger partial charge in [-0.25, -0.2) is 0 Å². The number of hydrogen-bond donors (Lipinski definition) is 1. The number of thiazole rings is 1. The number of aromatic nitrogens is 3. The highest BCUT2D eigenvalue weighted by Gasteiger charge is 1.94. The van der Waals surface area contributed by atoms with Crippen molar-refractivity contribution in [3.8, 4) is 0 Å². The quantitative estimate of drug-likeness (QED) is 0.754. The Balaban J connectivity index is 1.56. The van der Waals surface area contributed by atoms with Gasteiger partial charge in [0.2, 0.25) is 0 Å². The van der Waals surface area contributed by atoms with Gasteiger partial charge in [-0.15, -0.1) is 11.3 Å². The summed E-state index contributed by atoms with van der Waals surface area (Å²) in [6.07, 6.45) is 6.81. The predicted molar refractivity (Wildman–Crippen MR) is 60.7 cm³/mol. The first-order valence-electron chi connectivity index (χ1n) is 5.00. The van der Waals surface area contributed by atoms with Crippen LogP contribution in [0.1, 0.15) is 11.3 Å². The number of nitrogens with one attached hydrogen (secondary N) is 1. The van der Waals surface area contributed by atoms with E-state index in [0.717, 1.165) is 26.1 Å². The fraction of sp³-hybridized carbons (Fsp3) is 0.400. The van der Waals surface area contributed by atoms with Gasteiger partial charge >= 0.3 is 0 Å². The minimum absolute atomic E-state index is 0.920. The van der Waals surface area contributed by atoms with Crippen molar-refractivity contribution in [1.82, 2.24) is 20.1 Å². The van der Waals surface area contributed by atoms with Crippen molar-refractivity contribution in [2.24, 2.45) is 0 Å². The average molecular weight is 222 g/mol. The van der Waals surface area contributed by atoms with Crippen LogP contribution < -0.4 is 5.32 Å². The van der Waals surface area contributed by atoms with Crippen LogP contribution in [0.3, 0.4) is 0 Å². The van der Waals surface area contributed by atoms with Gasteiger partial charge in [0.05, 0.1) is 5.51 Å². The van der Waals surface area contributed by atoms with Crippen LogP contribution in [0, 0.1) is 0 Å². The van der Waals surface area contributed by atoms with Gasteiger partial charge in [0.15, 0.2) is 0 Å². The average Bonchev–Trinajstić information content (AvgIpc) is 2.88. The van der Waals surface area contributed by atoms with Crippen LogP contribution in [0.25, 0.3) is 0 Å². The molecule has 0 saturated heterocycles. The molecular formula is C10H14N4S. The van der Waals surface area contributed by atoms with Crippen molar-refractivity contribution in [3.05, 3.63) is 35.0 Å². The summed E-state index contributed by atoms with van der Waals surface area (Å²) in [5.74, 6) is 0. The maximum Gasteiger partial charge on any atom is 0.0794 e. The topological polar surface area (TPSA) is 42.7 Å². The number of nitrogens with zero attached hydrogens (tertiary/aromatic N) is 3. The molecule has 0 aliphatic heterocycles. The second-order valence-electron chi connectivity index (χ2n) is 3.27. The van der Waals surface area contributed by atoms with E-state index in [1.807, 2.05) is 34.8 Å². The van der Waals surface area contributed by atoms with E-state index in [9.17, 15) is 0 Å². The van der Waals surface area contributed by atoms with Crippen molar-refractivity contribution in [2.75, 3.05) is 6.54 Å². The second-order valence-corrected chi connectivity index (χ2v) is 4.24. The number of rotatable bonds is 6. The molecule has 2 heterocycles. The molecule has 0 unspecified atom stereocenters. The zero-order chi connectivity index (χ0) is 10.3. The molecule has 0 aliphatic carbocycles. The summed E-state index contributed by atoms with van der Waals surface area (Å²) in [5.41, 5.74) is 1.86. The first-order valence-corrected chi connectivity index (χ1v) is 5.88. The fourth-order valence-corrected chi connectivity index (χ4v) is 1.90. The second kappa shape index (κ2) is 5.63. The first-order chi connectivity index (χ1) is 7.45. The van der Waals surface area contributed by atoms with Crippen molar-refractivity contribution < 1.29 is 0 Å². The van der Waals surface area contributed by atoms with Gasteiger partial charge in [-0.1, -0.05) is 0 Å². The molecule has 2 rings (SSSR count). The molecule has 0 atom stereocenters. The van der Waals surface area contributed by atoms with E-state index in [1.54, 1.807) is 11.3 Å². The molecule has 0 amide bonds. The highest BCUT2D eigenvalue weighted by Crippen LogP contribution is 2.03. The largest absolute Gasteiger partial charge is 0.312 e. The summed E-state index contributed by atoms with van der Waals surface area (Å²) in [6, 6.07) is 1.95. The Kier molecular flexibility index (Phi) is 3.87. The lowest BCUT2D eigenvalue weighted by Gasteiger charge is -2.03. The molecular weight excluding hydrogens is 208 g/mol. The minimum Gasteiger partial charge on any atom is -0.312 e. The van der Waals surface area contributed by atoms with Gasteiger partial charge in [-0.05, 0) is 19.0 Å². The Bertz CT molecular complexity index is 318. The minimum atomic E-state index is 0.920. The molecule has 5 heteroatoms. The highest BCUT2D eigenvalue weighted by atomic mass is 32.1. The van der Waals surface area contributed by atoms with Crippen LogP contribution in [-0.4, -0.2) is 21.3 Å². The molecule has 0 aromatic carbocycles. The van der Waals surface area contributed by atoms with Crippen LogP contribution in [0.4, 0.5) is 0 Å². The van der Waals surface area contributed by atoms with E-state index in [1.165, 1.54) is 4.88 Å². The highest BCUT2D eigenvalue weighted by molar-refractivity contribution is 7.09. The van der Waals surface area contributed by atoms with E-state index in [0.29, 0.717) is 0 Å². The van der Waals surface area contributed by atoms with Crippen molar-refractivity contribution in [1.29, 1.82) is 0 Å². The molecule has 0 aliphatic rings. The van der Waals surface area contributed by atoms with Crippen LogP contribution in [0.5, 0.6) is 0 Å². The molecule has 0 bridgehead atoms. The van der Waals surface area contributed by atoms with Crippen LogP contribution >= 0.6 is 11.3 Å². The van der Waals surface area contributed by atoms with Gasteiger partial charge in [0.1, 0.15) is 0 Å². The molecule has 15 heavy (non-hydrogen) atoms. The molecule has 1 N–H and O–H groups in total. The molecule has 2 aromatic heterocycles. The van der Waals surface area contributed by atoms with E-state index in [2.05, 4.69) is 15.4 Å². The lowest BCUT2D eigenvalue weighted by molar-refractivity contribution is 0.544. The number of hydrogen-bond acceptors (Lipinski definition) is 4. The molecule has 0 saturated carbocycles. The van der Waals surface area contributed by atoms with E-state index >= 15 is 0 Å². The maximum atomic E-state index is 4.14. The monoisotopic (exact) mass is 222 g/mol. The standard InChI is InChI=1S/C10H14N4S/c1(5-14-6-2-4-13-14)3-11-7-10-8-12-9-15-10/h2,4,6,8-9,11H,1,3,5,7H2. The van der Waals surface area contributed by atoms with Crippen LogP contribution in [0.15, 0.2) is 30.2 Å². The van der Waals surface area contributed by atoms with Crippen LogP contribution in [-0.2, 0) is 13.1 Å². The van der Waals surface area contributed by atoms with E-state index < -0.39 is 0 Å². The lowest BCUT2D eigenvalue weighted by Crippen LogP contribution is -2.16. The molecule has 2 aromatic rings. The Labute approximate surface area is 93.0 Å². The lowest BCUT2D eigenvalue weighted by atomic mass is 10.4. The Morgan fingerprint density at radius 2 is 2.47 bits per heavy atom. The third-order valence-electron chi connectivity index (χ3n) is 2.08. The van der Waals surface area contributed by atoms with Gasteiger partial charge in [0.25, 0.3) is 0 Å².